The zero-order chi connectivity index (χ0) is 18.5. The van der Waals surface area contributed by atoms with Crippen LogP contribution in [0.25, 0.3) is 5.70 Å². The second-order valence-electron chi connectivity index (χ2n) is 6.07. The summed E-state index contributed by atoms with van der Waals surface area (Å²) in [4.78, 5) is 23.4. The first-order valence-corrected chi connectivity index (χ1v) is 9.17. The van der Waals surface area contributed by atoms with Crippen molar-refractivity contribution in [3.63, 3.8) is 0 Å². The molecular formula is C20H19BrN2O3. The minimum atomic E-state index is -0.889. The Morgan fingerprint density at radius 1 is 1.04 bits per heavy atom. The highest BCUT2D eigenvalue weighted by atomic mass is 79.9. The fourth-order valence-electron chi connectivity index (χ4n) is 2.88. The number of hydrogen-bond acceptors (Lipinski definition) is 3. The fraction of sp³-hybridized carbons (Fsp3) is 0.200. The van der Waals surface area contributed by atoms with Crippen LogP contribution in [0.15, 0.2) is 65.1 Å². The van der Waals surface area contributed by atoms with Crippen molar-refractivity contribution in [2.24, 2.45) is 0 Å². The Labute approximate surface area is 160 Å². The summed E-state index contributed by atoms with van der Waals surface area (Å²) in [5.41, 5.74) is 6.04. The largest absolute Gasteiger partial charge is 0.481 e. The maximum Gasteiger partial charge on any atom is 0.303 e. The molecule has 0 saturated carbocycles. The number of amides is 1. The van der Waals surface area contributed by atoms with Gasteiger partial charge in [-0.3, -0.25) is 15.0 Å². The summed E-state index contributed by atoms with van der Waals surface area (Å²) in [7, 11) is 0. The van der Waals surface area contributed by atoms with Crippen LogP contribution in [0.4, 0.5) is 0 Å². The van der Waals surface area contributed by atoms with E-state index in [4.69, 9.17) is 5.11 Å². The Kier molecular flexibility index (Phi) is 5.73. The minimum Gasteiger partial charge on any atom is -0.481 e. The zero-order valence-corrected chi connectivity index (χ0v) is 15.6. The van der Waals surface area contributed by atoms with Gasteiger partial charge in [0.25, 0.3) is 0 Å². The summed E-state index contributed by atoms with van der Waals surface area (Å²) in [5, 5.41) is 10.4. The van der Waals surface area contributed by atoms with Crippen molar-refractivity contribution in [3.05, 3.63) is 76.3 Å². The number of aliphatic carboxylic acids is 1. The number of nitrogens with one attached hydrogen (secondary N) is 1. The van der Waals surface area contributed by atoms with Gasteiger partial charge in [0, 0.05) is 17.3 Å². The van der Waals surface area contributed by atoms with Crippen LogP contribution in [0.2, 0.25) is 0 Å². The molecule has 134 valence electrons. The lowest BCUT2D eigenvalue weighted by Crippen LogP contribution is -2.39. The number of hydrogen-bond donors (Lipinski definition) is 2. The maximum absolute atomic E-state index is 12.7. The third-order valence-electron chi connectivity index (χ3n) is 4.19. The molecule has 1 heterocycles. The molecule has 1 aliphatic rings. The van der Waals surface area contributed by atoms with Crippen LogP contribution >= 0.6 is 15.9 Å². The van der Waals surface area contributed by atoms with E-state index in [9.17, 15) is 9.59 Å². The van der Waals surface area contributed by atoms with Gasteiger partial charge >= 0.3 is 5.97 Å². The number of nitrogens with zero attached hydrogens (tertiary/aromatic N) is 1. The first kappa shape index (κ1) is 18.2. The number of benzene rings is 2. The van der Waals surface area contributed by atoms with E-state index in [-0.39, 0.29) is 24.8 Å². The highest BCUT2D eigenvalue weighted by Gasteiger charge is 2.30. The smallest absolute Gasteiger partial charge is 0.303 e. The second-order valence-corrected chi connectivity index (χ2v) is 6.98. The predicted molar refractivity (Wildman–Crippen MR) is 103 cm³/mol. The molecule has 0 bridgehead atoms. The van der Waals surface area contributed by atoms with E-state index in [0.29, 0.717) is 6.42 Å². The molecule has 0 unspecified atom stereocenters. The van der Waals surface area contributed by atoms with Crippen molar-refractivity contribution in [2.75, 3.05) is 0 Å². The normalized spacial score (nSPS) is 16.1. The molecule has 2 aromatic carbocycles. The summed E-state index contributed by atoms with van der Waals surface area (Å²) >= 11 is 3.43. The molecule has 5 nitrogen and oxygen atoms in total. The topological polar surface area (TPSA) is 69.6 Å². The van der Waals surface area contributed by atoms with Crippen LogP contribution in [0.5, 0.6) is 0 Å². The number of hydrazine groups is 1. The van der Waals surface area contributed by atoms with Gasteiger partial charge in [0.1, 0.15) is 0 Å². The molecule has 0 aromatic heterocycles. The summed E-state index contributed by atoms with van der Waals surface area (Å²) in [6.07, 6.45) is 2.51. The fourth-order valence-corrected chi connectivity index (χ4v) is 3.15. The van der Waals surface area contributed by atoms with Crippen molar-refractivity contribution < 1.29 is 14.7 Å². The molecule has 0 spiro atoms. The maximum atomic E-state index is 12.7. The SMILES string of the molecule is O=C(O)CCCC(=O)N1NC(c2ccccc2)=C[C@H]1c1ccc(Br)cc1. The van der Waals surface area contributed by atoms with Crippen LogP contribution in [-0.4, -0.2) is 22.0 Å². The Balaban J connectivity index is 1.83. The van der Waals surface area contributed by atoms with Crippen molar-refractivity contribution in [2.45, 2.75) is 25.3 Å². The summed E-state index contributed by atoms with van der Waals surface area (Å²) < 4.78 is 0.971. The lowest BCUT2D eigenvalue weighted by Gasteiger charge is -2.25. The van der Waals surface area contributed by atoms with Gasteiger partial charge in [0.05, 0.1) is 11.7 Å². The van der Waals surface area contributed by atoms with Gasteiger partial charge < -0.3 is 5.11 Å². The number of halogens is 1. The lowest BCUT2D eigenvalue weighted by atomic mass is 10.0. The number of carboxylic acid groups (broad SMARTS) is 1. The number of carbonyl (C=O) groups excluding carboxylic acids is 1. The van der Waals surface area contributed by atoms with Gasteiger partial charge in [-0.25, -0.2) is 5.01 Å². The highest BCUT2D eigenvalue weighted by Crippen LogP contribution is 2.32. The quantitative estimate of drug-likeness (QED) is 0.745. The van der Waals surface area contributed by atoms with Crippen LogP contribution in [-0.2, 0) is 9.59 Å². The van der Waals surface area contributed by atoms with E-state index in [0.717, 1.165) is 21.3 Å². The van der Waals surface area contributed by atoms with Gasteiger partial charge in [0.2, 0.25) is 5.91 Å². The number of rotatable bonds is 6. The van der Waals surface area contributed by atoms with Crippen molar-refractivity contribution in [1.82, 2.24) is 10.4 Å². The Morgan fingerprint density at radius 2 is 1.73 bits per heavy atom. The van der Waals surface area contributed by atoms with Crippen molar-refractivity contribution in [1.29, 1.82) is 0 Å². The first-order valence-electron chi connectivity index (χ1n) is 8.38. The highest BCUT2D eigenvalue weighted by molar-refractivity contribution is 9.10. The molecule has 26 heavy (non-hydrogen) atoms. The van der Waals surface area contributed by atoms with E-state index in [1.165, 1.54) is 0 Å². The molecular weight excluding hydrogens is 396 g/mol. The summed E-state index contributed by atoms with van der Waals surface area (Å²) in [6.45, 7) is 0. The molecule has 3 rings (SSSR count). The van der Waals surface area contributed by atoms with E-state index < -0.39 is 5.97 Å². The molecule has 1 atom stereocenters. The third kappa shape index (κ3) is 4.32. The van der Waals surface area contributed by atoms with Crippen molar-refractivity contribution in [3.8, 4) is 0 Å². The average molecular weight is 415 g/mol. The van der Waals surface area contributed by atoms with Gasteiger partial charge in [-0.15, -0.1) is 0 Å². The number of carboxylic acids is 1. The average Bonchev–Trinajstić information content (AvgIpc) is 3.08. The third-order valence-corrected chi connectivity index (χ3v) is 4.72. The van der Waals surface area contributed by atoms with Gasteiger partial charge in [-0.1, -0.05) is 58.4 Å². The Morgan fingerprint density at radius 3 is 2.38 bits per heavy atom. The Bertz CT molecular complexity index is 819. The van der Waals surface area contributed by atoms with Crippen molar-refractivity contribution >= 4 is 33.5 Å². The molecule has 6 heteroatoms. The monoisotopic (exact) mass is 414 g/mol. The first-order chi connectivity index (χ1) is 12.5. The minimum absolute atomic E-state index is 0.0124. The molecule has 2 N–H and O–H groups in total. The van der Waals surface area contributed by atoms with Crippen LogP contribution < -0.4 is 5.43 Å². The molecule has 0 aliphatic carbocycles. The summed E-state index contributed by atoms with van der Waals surface area (Å²) in [6, 6.07) is 17.4. The van der Waals surface area contributed by atoms with Crippen LogP contribution in [0, 0.1) is 0 Å². The molecule has 0 fully saturated rings. The molecule has 1 amide bonds. The molecule has 0 saturated heterocycles. The van der Waals surface area contributed by atoms with E-state index >= 15 is 0 Å². The van der Waals surface area contributed by atoms with Gasteiger partial charge in [-0.05, 0) is 35.8 Å². The summed E-state index contributed by atoms with van der Waals surface area (Å²) in [5.74, 6) is -1.01. The molecule has 0 radical (unpaired) electrons. The standard InChI is InChI=1S/C20H19BrN2O3/c21-16-11-9-15(10-12-16)18-13-17(14-5-2-1-3-6-14)22-23(18)19(24)7-4-8-20(25)26/h1-3,5-6,9-13,18,22H,4,7-8H2,(H,25,26)/t18-/m0/s1. The van der Waals surface area contributed by atoms with Gasteiger partial charge in [0.15, 0.2) is 0 Å². The lowest BCUT2D eigenvalue weighted by molar-refractivity contribution is -0.137. The van der Waals surface area contributed by atoms with Crippen LogP contribution in [0.3, 0.4) is 0 Å². The van der Waals surface area contributed by atoms with E-state index in [1.807, 2.05) is 60.7 Å². The van der Waals surface area contributed by atoms with E-state index in [1.54, 1.807) is 5.01 Å². The molecule has 1 aliphatic heterocycles. The van der Waals surface area contributed by atoms with Gasteiger partial charge in [-0.2, -0.15) is 0 Å². The second kappa shape index (κ2) is 8.19. The Hall–Kier alpha value is -2.60. The van der Waals surface area contributed by atoms with Crippen LogP contribution in [0.1, 0.15) is 36.4 Å². The van der Waals surface area contributed by atoms with E-state index in [2.05, 4.69) is 21.4 Å². The predicted octanol–water partition coefficient (Wildman–Crippen LogP) is 4.13. The molecule has 2 aromatic rings. The zero-order valence-electron chi connectivity index (χ0n) is 14.1. The number of carbonyl (C=O) groups is 2.